The monoisotopic (exact) mass is 216 g/mol. The smallest absolute Gasteiger partial charge is 0.260 e. The number of halogens is 1. The summed E-state index contributed by atoms with van der Waals surface area (Å²) in [6.45, 7) is 3.61. The maximum Gasteiger partial charge on any atom is 0.308 e. The van der Waals surface area contributed by atoms with Gasteiger partial charge in [0, 0.05) is 0 Å². The molecule has 0 saturated carbocycles. The van der Waals surface area contributed by atoms with Crippen LogP contribution in [0.15, 0.2) is 36.4 Å². The fourth-order valence-corrected chi connectivity index (χ4v) is 1.78. The zero-order valence-electron chi connectivity index (χ0n) is 9.33. The van der Waals surface area contributed by atoms with Crippen LogP contribution >= 0.6 is 0 Å². The quantitative estimate of drug-likeness (QED) is 0.699. The van der Waals surface area contributed by atoms with Crippen LogP contribution in [0.1, 0.15) is 24.0 Å². The van der Waals surface area contributed by atoms with Crippen molar-refractivity contribution in [3.63, 3.8) is 0 Å². The number of fused-ring (bicyclic) bond motifs is 1. The number of carbonyl (C=O) groups excluding carboxylic acids is 1. The minimum Gasteiger partial charge on any atom is -0.260 e. The van der Waals surface area contributed by atoms with Gasteiger partial charge in [0.25, 0.3) is 0 Å². The fourth-order valence-electron chi connectivity index (χ4n) is 1.78. The van der Waals surface area contributed by atoms with E-state index in [9.17, 15) is 9.18 Å². The second kappa shape index (κ2) is 4.05. The van der Waals surface area contributed by atoms with Crippen molar-refractivity contribution in [3.8, 4) is 0 Å². The normalized spacial score (nSPS) is 12.7. The predicted octanol–water partition coefficient (Wildman–Crippen LogP) is 3.75. The first-order chi connectivity index (χ1) is 7.58. The van der Waals surface area contributed by atoms with Gasteiger partial charge in [-0.1, -0.05) is 42.0 Å². The fraction of sp³-hybridized carbons (Fsp3) is 0.214. The lowest BCUT2D eigenvalue weighted by Gasteiger charge is -2.07. The van der Waals surface area contributed by atoms with E-state index < -0.39 is 12.0 Å². The van der Waals surface area contributed by atoms with Crippen molar-refractivity contribution in [2.24, 2.45) is 0 Å². The molecule has 2 aromatic rings. The highest BCUT2D eigenvalue weighted by Gasteiger charge is 2.14. The number of hydrogen-bond acceptors (Lipinski definition) is 1. The summed E-state index contributed by atoms with van der Waals surface area (Å²) in [5, 5.41) is 2.15. The highest BCUT2D eigenvalue weighted by atomic mass is 19.1. The first-order valence-corrected chi connectivity index (χ1v) is 5.27. The summed E-state index contributed by atoms with van der Waals surface area (Å²) in [4.78, 5) is 10.7. The number of rotatable bonds is 2. The molecular weight excluding hydrogens is 203 g/mol. The maximum absolute atomic E-state index is 12.6. The van der Waals surface area contributed by atoms with Gasteiger partial charge in [-0.2, -0.15) is 4.39 Å². The number of aryl methyl sites for hydroxylation is 1. The van der Waals surface area contributed by atoms with Crippen LogP contribution in [0.2, 0.25) is 0 Å². The van der Waals surface area contributed by atoms with Crippen molar-refractivity contribution in [2.75, 3.05) is 0 Å². The molecule has 0 aliphatic rings. The van der Waals surface area contributed by atoms with E-state index in [1.54, 1.807) is 6.92 Å². The molecule has 0 unspecified atom stereocenters. The third kappa shape index (κ3) is 1.96. The minimum atomic E-state index is -1.29. The molecular formula is C14H13FO. The lowest BCUT2D eigenvalue weighted by molar-refractivity contribution is -0.130. The van der Waals surface area contributed by atoms with E-state index in [1.807, 2.05) is 37.3 Å². The van der Waals surface area contributed by atoms with Gasteiger partial charge in [-0.3, -0.25) is 4.79 Å². The van der Waals surface area contributed by atoms with Gasteiger partial charge in [-0.25, -0.2) is 0 Å². The Balaban J connectivity index is 2.52. The van der Waals surface area contributed by atoms with Gasteiger partial charge in [0.1, 0.15) is 0 Å². The average Bonchev–Trinajstić information content (AvgIpc) is 2.27. The molecule has 0 bridgehead atoms. The van der Waals surface area contributed by atoms with Crippen LogP contribution < -0.4 is 0 Å². The Bertz CT molecular complexity index is 545. The summed E-state index contributed by atoms with van der Waals surface area (Å²) in [5.41, 5.74) is 1.92. The summed E-state index contributed by atoms with van der Waals surface area (Å²) in [7, 11) is 0. The van der Waals surface area contributed by atoms with Crippen molar-refractivity contribution >= 4 is 16.8 Å². The topological polar surface area (TPSA) is 17.1 Å². The first kappa shape index (κ1) is 10.8. The van der Waals surface area contributed by atoms with E-state index in [2.05, 4.69) is 6.07 Å². The summed E-state index contributed by atoms with van der Waals surface area (Å²) in [6.07, 6.45) is 0. The SMILES string of the molecule is Cc1ccc2cc([C@H](C)C(=O)F)ccc2c1. The van der Waals surface area contributed by atoms with Crippen molar-refractivity contribution < 1.29 is 9.18 Å². The maximum atomic E-state index is 12.6. The van der Waals surface area contributed by atoms with Crippen LogP contribution in [0.5, 0.6) is 0 Å². The van der Waals surface area contributed by atoms with Crippen LogP contribution in [-0.2, 0) is 4.79 Å². The van der Waals surface area contributed by atoms with Gasteiger partial charge >= 0.3 is 6.04 Å². The van der Waals surface area contributed by atoms with E-state index in [4.69, 9.17) is 0 Å². The second-order valence-corrected chi connectivity index (χ2v) is 4.14. The van der Waals surface area contributed by atoms with E-state index >= 15 is 0 Å². The second-order valence-electron chi connectivity index (χ2n) is 4.14. The van der Waals surface area contributed by atoms with Crippen molar-refractivity contribution in [1.82, 2.24) is 0 Å². The van der Waals surface area contributed by atoms with Crippen LogP contribution in [0.3, 0.4) is 0 Å². The molecule has 2 aromatic carbocycles. The highest BCUT2D eigenvalue weighted by Crippen LogP contribution is 2.23. The zero-order chi connectivity index (χ0) is 11.7. The molecule has 0 aliphatic heterocycles. The third-order valence-electron chi connectivity index (χ3n) is 2.86. The molecule has 2 heteroatoms. The molecule has 0 spiro atoms. The third-order valence-corrected chi connectivity index (χ3v) is 2.86. The molecule has 0 aliphatic carbocycles. The summed E-state index contributed by atoms with van der Waals surface area (Å²) in [5.74, 6) is -0.675. The van der Waals surface area contributed by atoms with Gasteiger partial charge in [0.15, 0.2) is 0 Å². The molecule has 16 heavy (non-hydrogen) atoms. The Kier molecular flexibility index (Phi) is 2.73. The average molecular weight is 216 g/mol. The summed E-state index contributed by atoms with van der Waals surface area (Å²) < 4.78 is 12.6. The lowest BCUT2D eigenvalue weighted by atomic mass is 9.97. The lowest BCUT2D eigenvalue weighted by Crippen LogP contribution is -2.02. The Morgan fingerprint density at radius 2 is 1.75 bits per heavy atom. The van der Waals surface area contributed by atoms with Crippen LogP contribution in [0, 0.1) is 6.92 Å². The molecule has 0 saturated heterocycles. The molecule has 1 nitrogen and oxygen atoms in total. The summed E-state index contributed by atoms with van der Waals surface area (Å²) in [6, 6.07) is 10.4. The number of hydrogen-bond donors (Lipinski definition) is 0. The van der Waals surface area contributed by atoms with Gasteiger partial charge in [0.05, 0.1) is 5.92 Å². The molecule has 0 N–H and O–H groups in total. The van der Waals surface area contributed by atoms with E-state index in [-0.39, 0.29) is 0 Å². The largest absolute Gasteiger partial charge is 0.308 e. The minimum absolute atomic E-state index is 0.675. The van der Waals surface area contributed by atoms with E-state index in [1.165, 1.54) is 5.56 Å². The standard InChI is InChI=1S/C14H13FO/c1-9-3-4-13-8-11(10(2)14(15)16)5-6-12(13)7-9/h3-8,10H,1-2H3/t10-/m0/s1. The van der Waals surface area contributed by atoms with Crippen LogP contribution in [-0.4, -0.2) is 6.04 Å². The molecule has 0 amide bonds. The molecule has 1 atom stereocenters. The Labute approximate surface area is 93.9 Å². The van der Waals surface area contributed by atoms with Gasteiger partial charge < -0.3 is 0 Å². The highest BCUT2D eigenvalue weighted by molar-refractivity contribution is 5.86. The Hall–Kier alpha value is -1.70. The van der Waals surface area contributed by atoms with Crippen molar-refractivity contribution in [2.45, 2.75) is 19.8 Å². The predicted molar refractivity (Wildman–Crippen MR) is 63.2 cm³/mol. The zero-order valence-corrected chi connectivity index (χ0v) is 9.33. The van der Waals surface area contributed by atoms with Crippen LogP contribution in [0.25, 0.3) is 10.8 Å². The van der Waals surface area contributed by atoms with Gasteiger partial charge in [-0.05, 0) is 30.2 Å². The summed E-state index contributed by atoms with van der Waals surface area (Å²) >= 11 is 0. The molecule has 82 valence electrons. The Morgan fingerprint density at radius 3 is 2.44 bits per heavy atom. The molecule has 0 heterocycles. The number of carbonyl (C=O) groups is 1. The first-order valence-electron chi connectivity index (χ1n) is 5.27. The Morgan fingerprint density at radius 1 is 1.12 bits per heavy atom. The molecule has 0 fully saturated rings. The molecule has 2 rings (SSSR count). The van der Waals surface area contributed by atoms with Crippen molar-refractivity contribution in [1.29, 1.82) is 0 Å². The van der Waals surface area contributed by atoms with Gasteiger partial charge in [0.2, 0.25) is 0 Å². The molecule has 0 radical (unpaired) electrons. The van der Waals surface area contributed by atoms with E-state index in [0.717, 1.165) is 16.3 Å². The van der Waals surface area contributed by atoms with Crippen molar-refractivity contribution in [3.05, 3.63) is 47.5 Å². The number of benzene rings is 2. The van der Waals surface area contributed by atoms with Gasteiger partial charge in [-0.15, -0.1) is 0 Å². The molecule has 0 aromatic heterocycles. The van der Waals surface area contributed by atoms with E-state index in [0.29, 0.717) is 0 Å². The van der Waals surface area contributed by atoms with Crippen LogP contribution in [0.4, 0.5) is 4.39 Å².